The van der Waals surface area contributed by atoms with E-state index in [0.29, 0.717) is 12.8 Å². The molecule has 1 aliphatic rings. The van der Waals surface area contributed by atoms with Gasteiger partial charge < -0.3 is 10.0 Å². The van der Waals surface area contributed by atoms with Gasteiger partial charge in [-0.05, 0) is 26.7 Å². The summed E-state index contributed by atoms with van der Waals surface area (Å²) in [6.45, 7) is 5.39. The number of hydrogen-bond acceptors (Lipinski definition) is 2. The predicted octanol–water partition coefficient (Wildman–Crippen LogP) is 1.33. The zero-order valence-corrected chi connectivity index (χ0v) is 8.99. The van der Waals surface area contributed by atoms with Gasteiger partial charge in [0.25, 0.3) is 0 Å². The molecule has 1 N–H and O–H groups in total. The monoisotopic (exact) mass is 197 g/mol. The number of rotatable bonds is 3. The molecule has 0 bridgehead atoms. The lowest BCUT2D eigenvalue weighted by molar-refractivity contribution is -0.131. The van der Waals surface area contributed by atoms with Gasteiger partial charge >= 0.3 is 0 Å². The Morgan fingerprint density at radius 1 is 1.71 bits per heavy atom. The van der Waals surface area contributed by atoms with Crippen LogP contribution in [0.25, 0.3) is 0 Å². The van der Waals surface area contributed by atoms with Gasteiger partial charge in [-0.1, -0.05) is 11.6 Å². The van der Waals surface area contributed by atoms with E-state index in [0.717, 1.165) is 19.5 Å². The van der Waals surface area contributed by atoms with E-state index in [2.05, 4.69) is 13.0 Å². The molecule has 0 radical (unpaired) electrons. The summed E-state index contributed by atoms with van der Waals surface area (Å²) in [7, 11) is 0. The van der Waals surface area contributed by atoms with Gasteiger partial charge in [0, 0.05) is 19.5 Å². The Morgan fingerprint density at radius 2 is 2.43 bits per heavy atom. The number of aliphatic hydroxyl groups is 1. The second-order valence-electron chi connectivity index (χ2n) is 4.03. The van der Waals surface area contributed by atoms with Crippen LogP contribution in [0.4, 0.5) is 0 Å². The summed E-state index contributed by atoms with van der Waals surface area (Å²) in [6.07, 6.45) is 3.74. The van der Waals surface area contributed by atoms with Crippen LogP contribution in [-0.2, 0) is 4.79 Å². The average molecular weight is 197 g/mol. The quantitative estimate of drug-likeness (QED) is 0.693. The number of carbonyl (C=O) groups is 1. The maximum Gasteiger partial charge on any atom is 0.222 e. The predicted molar refractivity (Wildman–Crippen MR) is 55.9 cm³/mol. The normalized spacial score (nSPS) is 19.1. The molecular weight excluding hydrogens is 178 g/mol. The summed E-state index contributed by atoms with van der Waals surface area (Å²) in [6, 6.07) is 0. The van der Waals surface area contributed by atoms with Crippen LogP contribution in [0.5, 0.6) is 0 Å². The number of hydrogen-bond donors (Lipinski definition) is 1. The van der Waals surface area contributed by atoms with Crippen molar-refractivity contribution in [1.82, 2.24) is 4.90 Å². The van der Waals surface area contributed by atoms with E-state index >= 15 is 0 Å². The van der Waals surface area contributed by atoms with Gasteiger partial charge in [0.05, 0.1) is 6.10 Å². The maximum absolute atomic E-state index is 11.6. The summed E-state index contributed by atoms with van der Waals surface area (Å²) in [5, 5.41) is 9.06. The molecule has 0 aromatic rings. The van der Waals surface area contributed by atoms with E-state index < -0.39 is 0 Å². The summed E-state index contributed by atoms with van der Waals surface area (Å²) < 4.78 is 0. The highest BCUT2D eigenvalue weighted by Crippen LogP contribution is 2.11. The highest BCUT2D eigenvalue weighted by atomic mass is 16.3. The van der Waals surface area contributed by atoms with Crippen molar-refractivity contribution < 1.29 is 9.90 Å². The minimum absolute atomic E-state index is 0.162. The third-order valence-electron chi connectivity index (χ3n) is 2.56. The van der Waals surface area contributed by atoms with E-state index in [1.54, 1.807) is 6.92 Å². The number of amides is 1. The second-order valence-corrected chi connectivity index (χ2v) is 4.03. The molecule has 1 amide bonds. The minimum atomic E-state index is -0.374. The first-order chi connectivity index (χ1) is 6.59. The SMILES string of the molecule is CC1=CCN(C(=O)CCC(C)O)CC1. The lowest BCUT2D eigenvalue weighted by Crippen LogP contribution is -2.34. The standard InChI is InChI=1S/C11H19NO2/c1-9-5-7-12(8-6-9)11(14)4-3-10(2)13/h5,10,13H,3-4,6-8H2,1-2H3. The molecule has 1 heterocycles. The topological polar surface area (TPSA) is 40.5 Å². The summed E-state index contributed by atoms with van der Waals surface area (Å²) in [4.78, 5) is 13.5. The van der Waals surface area contributed by atoms with Crippen molar-refractivity contribution in [2.75, 3.05) is 13.1 Å². The van der Waals surface area contributed by atoms with Crippen molar-refractivity contribution in [2.24, 2.45) is 0 Å². The van der Waals surface area contributed by atoms with Crippen LogP contribution in [0.1, 0.15) is 33.1 Å². The van der Waals surface area contributed by atoms with Crippen molar-refractivity contribution in [3.63, 3.8) is 0 Å². The average Bonchev–Trinajstić information content (AvgIpc) is 2.15. The van der Waals surface area contributed by atoms with Crippen molar-refractivity contribution in [3.05, 3.63) is 11.6 Å². The molecule has 14 heavy (non-hydrogen) atoms. The van der Waals surface area contributed by atoms with Crippen LogP contribution in [0, 0.1) is 0 Å². The van der Waals surface area contributed by atoms with E-state index in [4.69, 9.17) is 5.11 Å². The van der Waals surface area contributed by atoms with Gasteiger partial charge in [-0.25, -0.2) is 0 Å². The van der Waals surface area contributed by atoms with Gasteiger partial charge in [-0.2, -0.15) is 0 Å². The lowest BCUT2D eigenvalue weighted by Gasteiger charge is -2.25. The molecule has 0 aromatic heterocycles. The minimum Gasteiger partial charge on any atom is -0.393 e. The smallest absolute Gasteiger partial charge is 0.222 e. The molecule has 80 valence electrons. The van der Waals surface area contributed by atoms with Crippen LogP contribution in [0.2, 0.25) is 0 Å². The fraction of sp³-hybridized carbons (Fsp3) is 0.727. The van der Waals surface area contributed by atoms with Crippen molar-refractivity contribution in [3.8, 4) is 0 Å². The fourth-order valence-corrected chi connectivity index (χ4v) is 1.49. The van der Waals surface area contributed by atoms with Gasteiger partial charge in [0.15, 0.2) is 0 Å². The van der Waals surface area contributed by atoms with Gasteiger partial charge in [-0.15, -0.1) is 0 Å². The van der Waals surface area contributed by atoms with E-state index in [1.165, 1.54) is 5.57 Å². The highest BCUT2D eigenvalue weighted by molar-refractivity contribution is 5.76. The zero-order chi connectivity index (χ0) is 10.6. The third kappa shape index (κ3) is 3.50. The van der Waals surface area contributed by atoms with Gasteiger partial charge in [-0.3, -0.25) is 4.79 Å². The van der Waals surface area contributed by atoms with Crippen molar-refractivity contribution in [1.29, 1.82) is 0 Å². The Labute approximate surface area is 85.4 Å². The Bertz CT molecular complexity index is 233. The van der Waals surface area contributed by atoms with Crippen molar-refractivity contribution in [2.45, 2.75) is 39.2 Å². The molecule has 0 aliphatic carbocycles. The molecule has 3 nitrogen and oxygen atoms in total. The first kappa shape index (κ1) is 11.2. The maximum atomic E-state index is 11.6. The van der Waals surface area contributed by atoms with E-state index in [-0.39, 0.29) is 12.0 Å². The second kappa shape index (κ2) is 5.15. The molecule has 1 atom stereocenters. The first-order valence-electron chi connectivity index (χ1n) is 5.21. The van der Waals surface area contributed by atoms with Gasteiger partial charge in [0.2, 0.25) is 5.91 Å². The molecule has 0 aromatic carbocycles. The number of carbonyl (C=O) groups excluding carboxylic acids is 1. The lowest BCUT2D eigenvalue weighted by atomic mass is 10.1. The van der Waals surface area contributed by atoms with Crippen LogP contribution in [0.3, 0.4) is 0 Å². The third-order valence-corrected chi connectivity index (χ3v) is 2.56. The van der Waals surface area contributed by atoms with Crippen LogP contribution in [0.15, 0.2) is 11.6 Å². The van der Waals surface area contributed by atoms with Crippen molar-refractivity contribution >= 4 is 5.91 Å². The molecule has 0 saturated heterocycles. The zero-order valence-electron chi connectivity index (χ0n) is 8.99. The molecule has 1 aliphatic heterocycles. The molecule has 1 unspecified atom stereocenters. The Balaban J connectivity index is 2.32. The highest BCUT2D eigenvalue weighted by Gasteiger charge is 2.15. The molecule has 0 saturated carbocycles. The Hall–Kier alpha value is -0.830. The summed E-state index contributed by atoms with van der Waals surface area (Å²) in [5.74, 6) is 0.162. The Kier molecular flexibility index (Phi) is 4.14. The van der Waals surface area contributed by atoms with Crippen LogP contribution in [-0.4, -0.2) is 35.1 Å². The van der Waals surface area contributed by atoms with Gasteiger partial charge in [0.1, 0.15) is 0 Å². The largest absolute Gasteiger partial charge is 0.393 e. The Morgan fingerprint density at radius 3 is 2.93 bits per heavy atom. The molecule has 0 spiro atoms. The van der Waals surface area contributed by atoms with E-state index in [1.807, 2.05) is 4.90 Å². The first-order valence-corrected chi connectivity index (χ1v) is 5.21. The molecule has 0 fully saturated rings. The number of nitrogens with zero attached hydrogens (tertiary/aromatic N) is 1. The molecule has 3 heteroatoms. The molecule has 1 rings (SSSR count). The summed E-state index contributed by atoms with van der Waals surface area (Å²) >= 11 is 0. The fourth-order valence-electron chi connectivity index (χ4n) is 1.49. The summed E-state index contributed by atoms with van der Waals surface area (Å²) in [5.41, 5.74) is 1.37. The van der Waals surface area contributed by atoms with E-state index in [9.17, 15) is 4.79 Å². The van der Waals surface area contributed by atoms with Crippen LogP contribution >= 0.6 is 0 Å². The number of aliphatic hydroxyl groups excluding tert-OH is 1. The van der Waals surface area contributed by atoms with Crippen LogP contribution < -0.4 is 0 Å². The molecular formula is C11H19NO2.